The lowest BCUT2D eigenvalue weighted by Crippen LogP contribution is -2.47. The average Bonchev–Trinajstić information content (AvgIpc) is 2.91. The molecule has 1 aromatic rings. The van der Waals surface area contributed by atoms with E-state index in [0.717, 1.165) is 31.7 Å². The van der Waals surface area contributed by atoms with Gasteiger partial charge in [0.15, 0.2) is 0 Å². The lowest BCUT2D eigenvalue weighted by Gasteiger charge is -2.34. The first-order valence-electron chi connectivity index (χ1n) is 8.50. The summed E-state index contributed by atoms with van der Waals surface area (Å²) in [6.07, 6.45) is 2.31. The molecule has 0 unspecified atom stereocenters. The summed E-state index contributed by atoms with van der Waals surface area (Å²) >= 11 is 0. The van der Waals surface area contributed by atoms with Crippen LogP contribution in [0.3, 0.4) is 0 Å². The molecule has 24 heavy (non-hydrogen) atoms. The van der Waals surface area contributed by atoms with Crippen LogP contribution in [0.5, 0.6) is 5.75 Å². The van der Waals surface area contributed by atoms with Gasteiger partial charge in [-0.3, -0.25) is 14.5 Å². The Labute approximate surface area is 142 Å². The second kappa shape index (κ2) is 7.32. The highest BCUT2D eigenvalue weighted by Crippen LogP contribution is 2.29. The Morgan fingerprint density at radius 1 is 1.12 bits per heavy atom. The molecule has 130 valence electrons. The van der Waals surface area contributed by atoms with Gasteiger partial charge in [0, 0.05) is 20.2 Å². The average molecular weight is 332 g/mol. The van der Waals surface area contributed by atoms with Gasteiger partial charge < -0.3 is 9.47 Å². The molecule has 2 aliphatic heterocycles. The molecule has 1 aromatic carbocycles. The maximum absolute atomic E-state index is 12.8. The van der Waals surface area contributed by atoms with Crippen molar-refractivity contribution in [3.63, 3.8) is 0 Å². The molecule has 2 amide bonds. The number of anilines is 1. The SMILES string of the molecule is CCOc1ccc(N2C(=O)C[C@@H](N3CCC(OC)CC3)C2=O)cc1. The van der Waals surface area contributed by atoms with Gasteiger partial charge in [-0.25, -0.2) is 4.90 Å². The molecule has 2 fully saturated rings. The van der Waals surface area contributed by atoms with Crippen molar-refractivity contribution >= 4 is 17.5 Å². The van der Waals surface area contributed by atoms with Crippen LogP contribution in [0.15, 0.2) is 24.3 Å². The molecule has 0 bridgehead atoms. The largest absolute Gasteiger partial charge is 0.494 e. The van der Waals surface area contributed by atoms with Crippen molar-refractivity contribution < 1.29 is 19.1 Å². The summed E-state index contributed by atoms with van der Waals surface area (Å²) in [5.74, 6) is 0.474. The fourth-order valence-electron chi connectivity index (χ4n) is 3.45. The molecule has 2 aliphatic rings. The molecule has 0 N–H and O–H groups in total. The first-order chi connectivity index (χ1) is 11.6. The first kappa shape index (κ1) is 16.9. The molecular formula is C18H24N2O4. The molecular weight excluding hydrogens is 308 g/mol. The predicted octanol–water partition coefficient (Wildman–Crippen LogP) is 1.83. The van der Waals surface area contributed by atoms with Crippen molar-refractivity contribution in [2.75, 3.05) is 31.7 Å². The molecule has 6 nitrogen and oxygen atoms in total. The van der Waals surface area contributed by atoms with Crippen LogP contribution < -0.4 is 9.64 Å². The van der Waals surface area contributed by atoms with E-state index >= 15 is 0 Å². The number of carbonyl (C=O) groups excluding carboxylic acids is 2. The fraction of sp³-hybridized carbons (Fsp3) is 0.556. The summed E-state index contributed by atoms with van der Waals surface area (Å²) in [4.78, 5) is 28.6. The van der Waals surface area contributed by atoms with Gasteiger partial charge in [0.2, 0.25) is 5.91 Å². The van der Waals surface area contributed by atoms with Crippen LogP contribution in [0, 0.1) is 0 Å². The van der Waals surface area contributed by atoms with Crippen molar-refractivity contribution in [2.24, 2.45) is 0 Å². The summed E-state index contributed by atoms with van der Waals surface area (Å²) < 4.78 is 10.8. The van der Waals surface area contributed by atoms with Crippen molar-refractivity contribution in [3.8, 4) is 5.75 Å². The minimum absolute atomic E-state index is 0.125. The van der Waals surface area contributed by atoms with Crippen LogP contribution in [0.4, 0.5) is 5.69 Å². The monoisotopic (exact) mass is 332 g/mol. The number of carbonyl (C=O) groups is 2. The van der Waals surface area contributed by atoms with Crippen LogP contribution in [0.2, 0.25) is 0 Å². The van der Waals surface area contributed by atoms with Gasteiger partial charge in [-0.15, -0.1) is 0 Å². The van der Waals surface area contributed by atoms with Gasteiger partial charge in [0.25, 0.3) is 5.91 Å². The van der Waals surface area contributed by atoms with E-state index < -0.39 is 0 Å². The standard InChI is InChI=1S/C18H24N2O4/c1-3-24-15-6-4-13(5-7-15)20-17(21)12-16(18(20)22)19-10-8-14(23-2)9-11-19/h4-7,14,16H,3,8-12H2,1-2H3/t16-/m1/s1. The van der Waals surface area contributed by atoms with Crippen LogP contribution in [-0.4, -0.2) is 55.7 Å². The molecule has 0 radical (unpaired) electrons. The van der Waals surface area contributed by atoms with E-state index in [1.165, 1.54) is 4.90 Å². The zero-order valence-corrected chi connectivity index (χ0v) is 14.2. The summed E-state index contributed by atoms with van der Waals surface area (Å²) in [6.45, 7) is 4.08. The van der Waals surface area contributed by atoms with Crippen molar-refractivity contribution in [3.05, 3.63) is 24.3 Å². The molecule has 0 saturated carbocycles. The number of ether oxygens (including phenoxy) is 2. The molecule has 2 saturated heterocycles. The van der Waals surface area contributed by atoms with Crippen LogP contribution in [0.25, 0.3) is 0 Å². The van der Waals surface area contributed by atoms with E-state index in [2.05, 4.69) is 4.90 Å². The molecule has 0 spiro atoms. The van der Waals surface area contributed by atoms with Gasteiger partial charge in [-0.05, 0) is 44.0 Å². The number of nitrogens with zero attached hydrogens (tertiary/aromatic N) is 2. The third-order valence-corrected chi connectivity index (χ3v) is 4.78. The zero-order valence-electron chi connectivity index (χ0n) is 14.2. The number of methoxy groups -OCH3 is 1. The normalized spacial score (nSPS) is 23.1. The summed E-state index contributed by atoms with van der Waals surface area (Å²) in [5, 5.41) is 0. The highest BCUT2D eigenvalue weighted by atomic mass is 16.5. The Bertz CT molecular complexity index is 594. The van der Waals surface area contributed by atoms with Gasteiger partial charge >= 0.3 is 0 Å². The number of benzene rings is 1. The topological polar surface area (TPSA) is 59.1 Å². The maximum atomic E-state index is 12.8. The smallest absolute Gasteiger partial charge is 0.251 e. The van der Waals surface area contributed by atoms with Crippen LogP contribution in [0.1, 0.15) is 26.2 Å². The Morgan fingerprint density at radius 3 is 2.38 bits per heavy atom. The van der Waals surface area contributed by atoms with E-state index in [1.54, 1.807) is 31.4 Å². The quantitative estimate of drug-likeness (QED) is 0.770. The molecule has 0 aromatic heterocycles. The lowest BCUT2D eigenvalue weighted by molar-refractivity contribution is -0.123. The molecule has 2 heterocycles. The molecule has 6 heteroatoms. The Hall–Kier alpha value is -1.92. The van der Waals surface area contributed by atoms with Crippen molar-refractivity contribution in [1.29, 1.82) is 0 Å². The Morgan fingerprint density at radius 2 is 1.79 bits per heavy atom. The highest BCUT2D eigenvalue weighted by Gasteiger charge is 2.43. The van der Waals surface area contributed by atoms with Gasteiger partial charge in [-0.1, -0.05) is 0 Å². The number of amides is 2. The molecule has 1 atom stereocenters. The third kappa shape index (κ3) is 3.30. The Kier molecular flexibility index (Phi) is 5.16. The van der Waals surface area contributed by atoms with E-state index in [-0.39, 0.29) is 30.4 Å². The van der Waals surface area contributed by atoms with Crippen molar-refractivity contribution in [2.45, 2.75) is 38.3 Å². The molecule has 3 rings (SSSR count). The number of piperidine rings is 1. The fourth-order valence-corrected chi connectivity index (χ4v) is 3.45. The van der Waals surface area contributed by atoms with E-state index in [4.69, 9.17) is 9.47 Å². The van der Waals surface area contributed by atoms with E-state index in [9.17, 15) is 9.59 Å². The third-order valence-electron chi connectivity index (χ3n) is 4.78. The summed E-state index contributed by atoms with van der Waals surface area (Å²) in [6, 6.07) is 6.76. The number of rotatable bonds is 5. The molecule has 0 aliphatic carbocycles. The van der Waals surface area contributed by atoms with Crippen molar-refractivity contribution in [1.82, 2.24) is 4.90 Å². The first-order valence-corrected chi connectivity index (χ1v) is 8.50. The predicted molar refractivity (Wildman–Crippen MR) is 90.1 cm³/mol. The lowest BCUT2D eigenvalue weighted by atomic mass is 10.0. The van der Waals surface area contributed by atoms with Gasteiger partial charge in [0.05, 0.1) is 30.9 Å². The Balaban J connectivity index is 1.70. The van der Waals surface area contributed by atoms with Gasteiger partial charge in [0.1, 0.15) is 5.75 Å². The zero-order chi connectivity index (χ0) is 17.1. The minimum Gasteiger partial charge on any atom is -0.494 e. The number of hydrogen-bond donors (Lipinski definition) is 0. The van der Waals surface area contributed by atoms with E-state index in [1.807, 2.05) is 6.92 Å². The number of likely N-dealkylation sites (tertiary alicyclic amines) is 1. The van der Waals surface area contributed by atoms with Crippen LogP contribution in [-0.2, 0) is 14.3 Å². The minimum atomic E-state index is -0.345. The number of hydrogen-bond acceptors (Lipinski definition) is 5. The van der Waals surface area contributed by atoms with Gasteiger partial charge in [-0.2, -0.15) is 0 Å². The van der Waals surface area contributed by atoms with Crippen LogP contribution >= 0.6 is 0 Å². The second-order valence-corrected chi connectivity index (χ2v) is 6.19. The van der Waals surface area contributed by atoms with E-state index in [0.29, 0.717) is 12.3 Å². The summed E-state index contributed by atoms with van der Waals surface area (Å²) in [7, 11) is 1.72. The highest BCUT2D eigenvalue weighted by molar-refractivity contribution is 6.22. The number of imide groups is 1. The summed E-state index contributed by atoms with van der Waals surface area (Å²) in [5.41, 5.74) is 0.614. The maximum Gasteiger partial charge on any atom is 0.251 e. The second-order valence-electron chi connectivity index (χ2n) is 6.19.